The topological polar surface area (TPSA) is 42.2 Å². The van der Waals surface area contributed by atoms with Crippen LogP contribution >= 0.6 is 0 Å². The molecule has 0 saturated carbocycles. The molecule has 0 aliphatic rings. The van der Waals surface area contributed by atoms with E-state index < -0.39 is 23.3 Å². The zero-order chi connectivity index (χ0) is 13.3. The average molecular weight is 255 g/mol. The van der Waals surface area contributed by atoms with Crippen molar-refractivity contribution < 1.29 is 23.1 Å². The third kappa shape index (κ3) is 2.22. The van der Waals surface area contributed by atoms with Gasteiger partial charge in [-0.3, -0.25) is 0 Å². The predicted molar refractivity (Wildman–Crippen MR) is 57.7 cm³/mol. The third-order valence-corrected chi connectivity index (χ3v) is 2.44. The number of aromatic carboxylic acids is 1. The Morgan fingerprint density at radius 3 is 2.28 bits per heavy atom. The molecule has 0 amide bonds. The zero-order valence-electron chi connectivity index (χ0n) is 8.98. The van der Waals surface area contributed by atoms with E-state index >= 15 is 0 Å². The van der Waals surface area contributed by atoms with Crippen molar-refractivity contribution in [3.8, 4) is 5.69 Å². The van der Waals surface area contributed by atoms with Gasteiger partial charge in [0.2, 0.25) is 0 Å². The number of rotatable bonds is 2. The van der Waals surface area contributed by atoms with Crippen LogP contribution in [0.2, 0.25) is 0 Å². The maximum atomic E-state index is 12.8. The van der Waals surface area contributed by atoms with Gasteiger partial charge in [0.1, 0.15) is 0 Å². The second kappa shape index (κ2) is 4.21. The Morgan fingerprint density at radius 1 is 1.17 bits per heavy atom. The quantitative estimate of drug-likeness (QED) is 0.895. The Kier molecular flexibility index (Phi) is 2.86. The van der Waals surface area contributed by atoms with E-state index in [2.05, 4.69) is 0 Å². The van der Waals surface area contributed by atoms with E-state index in [1.54, 1.807) is 24.5 Å². The van der Waals surface area contributed by atoms with Crippen molar-refractivity contribution in [1.29, 1.82) is 0 Å². The number of hydrogen-bond acceptors (Lipinski definition) is 1. The average Bonchev–Trinajstić information content (AvgIpc) is 2.80. The first-order chi connectivity index (χ1) is 8.39. The van der Waals surface area contributed by atoms with Crippen LogP contribution in [0.25, 0.3) is 5.69 Å². The Hall–Kier alpha value is -2.24. The molecule has 2 aromatic rings. The van der Waals surface area contributed by atoms with Gasteiger partial charge in [0.05, 0.1) is 11.1 Å². The van der Waals surface area contributed by atoms with Crippen LogP contribution in [-0.2, 0) is 6.18 Å². The fourth-order valence-corrected chi connectivity index (χ4v) is 1.62. The summed E-state index contributed by atoms with van der Waals surface area (Å²) in [6.45, 7) is 0. The molecule has 0 spiro atoms. The van der Waals surface area contributed by atoms with Gasteiger partial charge in [-0.05, 0) is 30.3 Å². The van der Waals surface area contributed by atoms with Crippen LogP contribution in [0.4, 0.5) is 13.2 Å². The van der Waals surface area contributed by atoms with Crippen LogP contribution in [0.3, 0.4) is 0 Å². The number of carbonyl (C=O) groups is 1. The molecule has 0 unspecified atom stereocenters. The summed E-state index contributed by atoms with van der Waals surface area (Å²) in [7, 11) is 0. The number of carboxylic acid groups (broad SMARTS) is 1. The van der Waals surface area contributed by atoms with E-state index in [0.29, 0.717) is 0 Å². The van der Waals surface area contributed by atoms with Crippen molar-refractivity contribution >= 4 is 5.97 Å². The summed E-state index contributed by atoms with van der Waals surface area (Å²) in [5, 5.41) is 8.74. The van der Waals surface area contributed by atoms with Crippen molar-refractivity contribution in [1.82, 2.24) is 4.57 Å². The minimum absolute atomic E-state index is 0.261. The number of aromatic nitrogens is 1. The number of halogens is 3. The summed E-state index contributed by atoms with van der Waals surface area (Å²) >= 11 is 0. The van der Waals surface area contributed by atoms with Gasteiger partial charge in [-0.25, -0.2) is 4.79 Å². The first-order valence-electron chi connectivity index (χ1n) is 4.97. The lowest BCUT2D eigenvalue weighted by atomic mass is 10.1. The van der Waals surface area contributed by atoms with Gasteiger partial charge in [-0.1, -0.05) is 0 Å². The second-order valence-electron chi connectivity index (χ2n) is 3.62. The molecule has 94 valence electrons. The molecule has 1 aromatic heterocycles. The molecule has 0 saturated heterocycles. The molecule has 0 radical (unpaired) electrons. The molecule has 0 aliphatic carbocycles. The molecule has 1 N–H and O–H groups in total. The summed E-state index contributed by atoms with van der Waals surface area (Å²) in [4.78, 5) is 10.8. The molecule has 0 fully saturated rings. The van der Waals surface area contributed by atoms with E-state index in [1.165, 1.54) is 10.6 Å². The number of benzene rings is 1. The summed E-state index contributed by atoms with van der Waals surface area (Å²) in [5.74, 6) is -1.60. The first-order valence-corrected chi connectivity index (χ1v) is 4.97. The molecule has 0 atom stereocenters. The molecule has 0 bridgehead atoms. The highest BCUT2D eigenvalue weighted by Crippen LogP contribution is 2.33. The van der Waals surface area contributed by atoms with Crippen LogP contribution in [0.5, 0.6) is 0 Å². The molecule has 2 rings (SSSR count). The monoisotopic (exact) mass is 255 g/mol. The molecule has 0 aliphatic heterocycles. The van der Waals surface area contributed by atoms with Gasteiger partial charge in [-0.15, -0.1) is 0 Å². The number of alkyl halides is 3. The van der Waals surface area contributed by atoms with Crippen molar-refractivity contribution in [2.45, 2.75) is 6.18 Å². The van der Waals surface area contributed by atoms with E-state index in [4.69, 9.17) is 5.11 Å². The van der Waals surface area contributed by atoms with Crippen molar-refractivity contribution in [3.63, 3.8) is 0 Å². The highest BCUT2D eigenvalue weighted by atomic mass is 19.4. The molecule has 18 heavy (non-hydrogen) atoms. The predicted octanol–water partition coefficient (Wildman–Crippen LogP) is 3.19. The van der Waals surface area contributed by atoms with E-state index in [0.717, 1.165) is 12.1 Å². The van der Waals surface area contributed by atoms with Crippen LogP contribution in [0.15, 0.2) is 42.7 Å². The van der Waals surface area contributed by atoms with E-state index in [-0.39, 0.29) is 5.69 Å². The lowest BCUT2D eigenvalue weighted by Gasteiger charge is -2.12. The maximum Gasteiger partial charge on any atom is 0.417 e. The van der Waals surface area contributed by atoms with E-state index in [9.17, 15) is 18.0 Å². The van der Waals surface area contributed by atoms with Gasteiger partial charge >= 0.3 is 12.1 Å². The van der Waals surface area contributed by atoms with E-state index in [1.807, 2.05) is 0 Å². The highest BCUT2D eigenvalue weighted by Gasteiger charge is 2.35. The smallest absolute Gasteiger partial charge is 0.417 e. The number of carboxylic acids is 1. The number of hydrogen-bond donors (Lipinski definition) is 1. The largest absolute Gasteiger partial charge is 0.478 e. The molecular weight excluding hydrogens is 247 g/mol. The zero-order valence-corrected chi connectivity index (χ0v) is 8.98. The first kappa shape index (κ1) is 12.2. The lowest BCUT2D eigenvalue weighted by Crippen LogP contribution is -2.13. The Morgan fingerprint density at radius 2 is 1.78 bits per heavy atom. The fourth-order valence-electron chi connectivity index (χ4n) is 1.62. The summed E-state index contributed by atoms with van der Waals surface area (Å²) in [6.07, 6.45) is -1.54. The molecule has 1 heterocycles. The minimum Gasteiger partial charge on any atom is -0.478 e. The van der Waals surface area contributed by atoms with Crippen LogP contribution in [-0.4, -0.2) is 15.6 Å². The normalized spacial score (nSPS) is 11.5. The number of nitrogens with zero attached hydrogens (tertiary/aromatic N) is 1. The summed E-state index contributed by atoms with van der Waals surface area (Å²) in [5.41, 5.74) is -1.64. The Balaban J connectivity index is 2.60. The lowest BCUT2D eigenvalue weighted by molar-refractivity contribution is -0.138. The van der Waals surface area contributed by atoms with Crippen molar-refractivity contribution in [2.24, 2.45) is 0 Å². The Bertz CT molecular complexity index is 574. The molecule has 3 nitrogen and oxygen atoms in total. The molecule has 6 heteroatoms. The van der Waals surface area contributed by atoms with Gasteiger partial charge in [0, 0.05) is 18.1 Å². The summed E-state index contributed by atoms with van der Waals surface area (Å²) in [6, 6.07) is 6.44. The van der Waals surface area contributed by atoms with Gasteiger partial charge < -0.3 is 9.67 Å². The SMILES string of the molecule is O=C(O)c1ccc(-n2cccc2)cc1C(F)(F)F. The van der Waals surface area contributed by atoms with Gasteiger partial charge in [0.25, 0.3) is 0 Å². The van der Waals surface area contributed by atoms with Crippen LogP contribution in [0.1, 0.15) is 15.9 Å². The van der Waals surface area contributed by atoms with Gasteiger partial charge in [-0.2, -0.15) is 13.2 Å². The Labute approximate surface area is 100 Å². The standard InChI is InChI=1S/C12H8F3NO2/c13-12(14,15)10-7-8(16-5-1-2-6-16)3-4-9(10)11(17)18/h1-7H,(H,17,18). The van der Waals surface area contributed by atoms with Crippen molar-refractivity contribution in [2.75, 3.05) is 0 Å². The second-order valence-corrected chi connectivity index (χ2v) is 3.62. The summed E-state index contributed by atoms with van der Waals surface area (Å²) < 4.78 is 39.7. The molecule has 1 aromatic carbocycles. The fraction of sp³-hybridized carbons (Fsp3) is 0.0833. The third-order valence-electron chi connectivity index (χ3n) is 2.44. The maximum absolute atomic E-state index is 12.8. The van der Waals surface area contributed by atoms with Crippen LogP contribution in [0, 0.1) is 0 Å². The van der Waals surface area contributed by atoms with Crippen molar-refractivity contribution in [3.05, 3.63) is 53.9 Å². The van der Waals surface area contributed by atoms with Gasteiger partial charge in [0.15, 0.2) is 0 Å². The van der Waals surface area contributed by atoms with Crippen LogP contribution < -0.4 is 0 Å². The minimum atomic E-state index is -4.70. The molecular formula is C12H8F3NO2. The highest BCUT2D eigenvalue weighted by molar-refractivity contribution is 5.90.